The number of morpholine rings is 1. The van der Waals surface area contributed by atoms with E-state index in [0.29, 0.717) is 6.04 Å². The van der Waals surface area contributed by atoms with Crippen molar-refractivity contribution in [3.8, 4) is 22.3 Å². The molecule has 0 aliphatic carbocycles. The van der Waals surface area contributed by atoms with Crippen LogP contribution in [0.3, 0.4) is 0 Å². The molecule has 2 saturated heterocycles. The molecular weight excluding hydrogens is 476 g/mol. The smallest absolute Gasteiger partial charge is 0.137 e. The summed E-state index contributed by atoms with van der Waals surface area (Å²) < 4.78 is 7.73. The lowest BCUT2D eigenvalue weighted by Gasteiger charge is -2.31. The van der Waals surface area contributed by atoms with E-state index >= 15 is 0 Å². The lowest BCUT2D eigenvalue weighted by atomic mass is 10.0. The van der Waals surface area contributed by atoms with Crippen LogP contribution in [0, 0.1) is 0 Å². The molecule has 9 heteroatoms. The quantitative estimate of drug-likeness (QED) is 0.399. The number of ether oxygens (including phenoxy) is 1. The molecule has 4 aromatic rings. The van der Waals surface area contributed by atoms with E-state index in [1.807, 2.05) is 18.6 Å². The maximum Gasteiger partial charge on any atom is 0.137 e. The Balaban J connectivity index is 1.30. The molecule has 38 heavy (non-hydrogen) atoms. The minimum Gasteiger partial charge on any atom is -0.378 e. The van der Waals surface area contributed by atoms with Gasteiger partial charge in [0.05, 0.1) is 25.5 Å². The first-order valence-electron chi connectivity index (χ1n) is 13.8. The fourth-order valence-corrected chi connectivity index (χ4v) is 5.75. The first-order valence-corrected chi connectivity index (χ1v) is 13.8. The Bertz CT molecular complexity index is 1380. The van der Waals surface area contributed by atoms with Crippen LogP contribution in [0.1, 0.15) is 31.4 Å². The van der Waals surface area contributed by atoms with E-state index in [1.54, 1.807) is 0 Å². The van der Waals surface area contributed by atoms with Gasteiger partial charge in [-0.3, -0.25) is 4.68 Å². The van der Waals surface area contributed by atoms with Crippen molar-refractivity contribution in [1.29, 1.82) is 0 Å². The highest BCUT2D eigenvalue weighted by molar-refractivity contribution is 5.95. The van der Waals surface area contributed by atoms with E-state index in [0.717, 1.165) is 104 Å². The fraction of sp³-hybridized carbons (Fsp3) is 0.483. The van der Waals surface area contributed by atoms with Crippen LogP contribution in [0.2, 0.25) is 0 Å². The summed E-state index contributed by atoms with van der Waals surface area (Å²) in [6.07, 6.45) is 12.5. The zero-order chi connectivity index (χ0) is 26.1. The van der Waals surface area contributed by atoms with Crippen molar-refractivity contribution < 1.29 is 4.74 Å². The number of H-pyrrole nitrogens is 1. The third-order valence-corrected chi connectivity index (χ3v) is 7.90. The Morgan fingerprint density at radius 2 is 1.74 bits per heavy atom. The summed E-state index contributed by atoms with van der Waals surface area (Å²) in [7, 11) is 4.20. The topological polar surface area (TPSA) is 78.3 Å². The number of aromatic amines is 1. The van der Waals surface area contributed by atoms with Crippen molar-refractivity contribution in [2.24, 2.45) is 0 Å². The predicted molar refractivity (Wildman–Crippen MR) is 151 cm³/mol. The average molecular weight is 515 g/mol. The molecule has 200 valence electrons. The fourth-order valence-electron chi connectivity index (χ4n) is 5.75. The van der Waals surface area contributed by atoms with E-state index in [-0.39, 0.29) is 0 Å². The second-order valence-electron chi connectivity index (χ2n) is 10.7. The van der Waals surface area contributed by atoms with Gasteiger partial charge in [-0.15, -0.1) is 0 Å². The molecule has 0 atom stereocenters. The van der Waals surface area contributed by atoms with E-state index in [9.17, 15) is 0 Å². The molecule has 9 nitrogen and oxygen atoms in total. The number of aromatic nitrogens is 5. The summed E-state index contributed by atoms with van der Waals surface area (Å²) in [4.78, 5) is 20.1. The number of nitrogens with zero attached hydrogens (tertiary/aromatic N) is 7. The molecule has 2 fully saturated rings. The molecule has 2 aliphatic heterocycles. The minimum absolute atomic E-state index is 0.469. The second-order valence-corrected chi connectivity index (χ2v) is 10.7. The SMILES string of the molecule is CCN1CCC(n2cc(-c3c[nH]c4ncc(-c5cnc(N6CCOCC6)c(CN(C)C)c5)cc34)cn2)CC1. The summed E-state index contributed by atoms with van der Waals surface area (Å²) in [6.45, 7) is 9.72. The number of rotatable bonds is 7. The van der Waals surface area contributed by atoms with Crippen molar-refractivity contribution in [2.45, 2.75) is 32.4 Å². The van der Waals surface area contributed by atoms with Crippen LogP contribution in [0.25, 0.3) is 33.3 Å². The van der Waals surface area contributed by atoms with Crippen LogP contribution in [0.15, 0.2) is 43.1 Å². The molecule has 0 radical (unpaired) electrons. The van der Waals surface area contributed by atoms with E-state index < -0.39 is 0 Å². The van der Waals surface area contributed by atoms with Gasteiger partial charge >= 0.3 is 0 Å². The van der Waals surface area contributed by atoms with Gasteiger partial charge in [0.25, 0.3) is 0 Å². The lowest BCUT2D eigenvalue weighted by Crippen LogP contribution is -2.37. The molecule has 6 rings (SSSR count). The van der Waals surface area contributed by atoms with Gasteiger partial charge in [0.15, 0.2) is 0 Å². The number of piperidine rings is 1. The summed E-state index contributed by atoms with van der Waals surface area (Å²) in [5.74, 6) is 1.05. The van der Waals surface area contributed by atoms with Crippen molar-refractivity contribution in [3.63, 3.8) is 0 Å². The van der Waals surface area contributed by atoms with Gasteiger partial charge in [-0.25, -0.2) is 9.97 Å². The number of likely N-dealkylation sites (tertiary alicyclic amines) is 1. The first-order chi connectivity index (χ1) is 18.6. The Morgan fingerprint density at radius 3 is 2.50 bits per heavy atom. The van der Waals surface area contributed by atoms with E-state index in [2.05, 4.69) is 69.9 Å². The van der Waals surface area contributed by atoms with Crippen LogP contribution in [0.4, 0.5) is 5.82 Å². The molecular formula is C29H38N8O. The molecule has 0 spiro atoms. The Kier molecular flexibility index (Phi) is 7.14. The van der Waals surface area contributed by atoms with Gasteiger partial charge in [-0.05, 0) is 45.6 Å². The highest BCUT2D eigenvalue weighted by Crippen LogP contribution is 2.33. The number of anilines is 1. The Hall–Kier alpha value is -3.27. The number of pyridine rings is 2. The van der Waals surface area contributed by atoms with Gasteiger partial charge in [-0.1, -0.05) is 6.92 Å². The van der Waals surface area contributed by atoms with Gasteiger partial charge < -0.3 is 24.4 Å². The van der Waals surface area contributed by atoms with E-state index in [4.69, 9.17) is 19.8 Å². The maximum atomic E-state index is 5.56. The highest BCUT2D eigenvalue weighted by atomic mass is 16.5. The molecule has 4 aromatic heterocycles. The maximum absolute atomic E-state index is 5.56. The normalized spacial score (nSPS) is 17.6. The molecule has 0 saturated carbocycles. The number of hydrogen-bond donors (Lipinski definition) is 1. The average Bonchev–Trinajstić information content (AvgIpc) is 3.60. The zero-order valence-electron chi connectivity index (χ0n) is 22.7. The lowest BCUT2D eigenvalue weighted by molar-refractivity contribution is 0.122. The number of fused-ring (bicyclic) bond motifs is 1. The third kappa shape index (κ3) is 5.06. The summed E-state index contributed by atoms with van der Waals surface area (Å²) in [6, 6.07) is 4.97. The number of nitrogens with one attached hydrogen (secondary N) is 1. The van der Waals surface area contributed by atoms with Crippen molar-refractivity contribution in [2.75, 3.05) is 64.9 Å². The Morgan fingerprint density at radius 1 is 0.974 bits per heavy atom. The van der Waals surface area contributed by atoms with Crippen LogP contribution in [0.5, 0.6) is 0 Å². The third-order valence-electron chi connectivity index (χ3n) is 7.90. The first kappa shape index (κ1) is 25.0. The Labute approximate surface area is 224 Å². The molecule has 0 amide bonds. The number of hydrogen-bond acceptors (Lipinski definition) is 7. The van der Waals surface area contributed by atoms with Crippen LogP contribution < -0.4 is 4.90 Å². The molecule has 0 bridgehead atoms. The van der Waals surface area contributed by atoms with Gasteiger partial charge in [-0.2, -0.15) is 5.10 Å². The molecule has 2 aliphatic rings. The molecule has 6 heterocycles. The van der Waals surface area contributed by atoms with E-state index in [1.165, 1.54) is 5.56 Å². The second kappa shape index (κ2) is 10.8. The van der Waals surface area contributed by atoms with Crippen molar-refractivity contribution >= 4 is 16.9 Å². The monoisotopic (exact) mass is 514 g/mol. The largest absolute Gasteiger partial charge is 0.378 e. The minimum atomic E-state index is 0.469. The predicted octanol–water partition coefficient (Wildman–Crippen LogP) is 4.04. The van der Waals surface area contributed by atoms with Gasteiger partial charge in [0.1, 0.15) is 11.5 Å². The van der Waals surface area contributed by atoms with Crippen LogP contribution in [-0.2, 0) is 11.3 Å². The zero-order valence-corrected chi connectivity index (χ0v) is 22.7. The summed E-state index contributed by atoms with van der Waals surface area (Å²) in [5.41, 5.74) is 6.52. The summed E-state index contributed by atoms with van der Waals surface area (Å²) >= 11 is 0. The van der Waals surface area contributed by atoms with Crippen LogP contribution >= 0.6 is 0 Å². The highest BCUT2D eigenvalue weighted by Gasteiger charge is 2.21. The van der Waals surface area contributed by atoms with Crippen molar-refractivity contribution in [1.82, 2.24) is 34.5 Å². The van der Waals surface area contributed by atoms with Crippen LogP contribution in [-0.4, -0.2) is 94.6 Å². The summed E-state index contributed by atoms with van der Waals surface area (Å²) in [5, 5.41) is 5.87. The molecule has 0 unspecified atom stereocenters. The molecule has 0 aromatic carbocycles. The van der Waals surface area contributed by atoms with Gasteiger partial charge in [0.2, 0.25) is 0 Å². The molecule has 1 N–H and O–H groups in total. The standard InChI is InChI=1S/C29H38N8O/c1-4-35-7-5-25(6-8-35)37-20-24(17-33-37)27-18-31-28-26(27)14-22(15-30-28)21-13-23(19-34(2)3)29(32-16-21)36-9-11-38-12-10-36/h13-18,20,25H,4-12,19H2,1-3H3,(H,30,31). The van der Waals surface area contributed by atoms with Crippen molar-refractivity contribution in [3.05, 3.63) is 48.7 Å². The van der Waals surface area contributed by atoms with Gasteiger partial charge in [0, 0.05) is 90.7 Å².